The average Bonchev–Trinajstić information content (AvgIpc) is 2.65. The molecule has 0 unspecified atom stereocenters. The molecular weight excluding hydrogens is 365 g/mol. The lowest BCUT2D eigenvalue weighted by Gasteiger charge is -2.24. The van der Waals surface area contributed by atoms with Gasteiger partial charge in [0.2, 0.25) is 11.3 Å². The van der Waals surface area contributed by atoms with Crippen LogP contribution in [0, 0.1) is 5.82 Å². The van der Waals surface area contributed by atoms with E-state index in [2.05, 4.69) is 10.6 Å². The van der Waals surface area contributed by atoms with E-state index in [1.54, 1.807) is 10.6 Å². The Kier molecular flexibility index (Phi) is 5.96. The van der Waals surface area contributed by atoms with Gasteiger partial charge in [0.25, 0.3) is 0 Å². The Bertz CT molecular complexity index is 964. The van der Waals surface area contributed by atoms with Gasteiger partial charge in [0.15, 0.2) is 0 Å². The highest BCUT2D eigenvalue weighted by Crippen LogP contribution is 2.26. The fourth-order valence-corrected chi connectivity index (χ4v) is 3.68. The average molecular weight is 389 g/mol. The van der Waals surface area contributed by atoms with E-state index in [1.165, 1.54) is 19.5 Å². The van der Waals surface area contributed by atoms with Crippen molar-refractivity contribution in [2.45, 2.75) is 51.6 Å². The molecule has 28 heavy (non-hydrogen) atoms. The number of aromatic carboxylic acids is 1. The number of aromatic nitrogens is 1. The molecule has 0 atom stereocenters. The van der Waals surface area contributed by atoms with Gasteiger partial charge in [-0.2, -0.15) is 0 Å². The number of carboxylic acids is 1. The second-order valence-electron chi connectivity index (χ2n) is 7.18. The highest BCUT2D eigenvalue weighted by atomic mass is 19.1. The van der Waals surface area contributed by atoms with Crippen LogP contribution in [0.4, 0.5) is 10.1 Å². The van der Waals surface area contributed by atoms with Crippen molar-refractivity contribution in [3.63, 3.8) is 0 Å². The normalized spacial score (nSPS) is 14.8. The third kappa shape index (κ3) is 4.32. The van der Waals surface area contributed by atoms with Crippen LogP contribution in [0.2, 0.25) is 0 Å². The number of carbonyl (C=O) groups excluding carboxylic acids is 1. The molecule has 1 aliphatic carbocycles. The van der Waals surface area contributed by atoms with Crippen molar-refractivity contribution in [1.82, 2.24) is 9.88 Å². The number of fused-ring (bicyclic) bond motifs is 1. The Morgan fingerprint density at radius 2 is 1.96 bits per heavy atom. The zero-order valence-corrected chi connectivity index (χ0v) is 15.8. The molecule has 8 heteroatoms. The summed E-state index contributed by atoms with van der Waals surface area (Å²) in [6.07, 6.45) is 6.54. The van der Waals surface area contributed by atoms with Gasteiger partial charge in [0.05, 0.1) is 11.2 Å². The van der Waals surface area contributed by atoms with Crippen LogP contribution in [0.3, 0.4) is 0 Å². The van der Waals surface area contributed by atoms with Crippen molar-refractivity contribution in [3.8, 4) is 0 Å². The smallest absolute Gasteiger partial charge is 0.341 e. The molecule has 1 saturated carbocycles. The fraction of sp³-hybridized carbons (Fsp3) is 0.450. The predicted octanol–water partition coefficient (Wildman–Crippen LogP) is 2.72. The van der Waals surface area contributed by atoms with Crippen molar-refractivity contribution < 1.29 is 19.1 Å². The maximum atomic E-state index is 14.7. The summed E-state index contributed by atoms with van der Waals surface area (Å²) in [5, 5.41) is 15.2. The molecule has 150 valence electrons. The first-order chi connectivity index (χ1) is 13.4. The first-order valence-electron chi connectivity index (χ1n) is 9.48. The van der Waals surface area contributed by atoms with Gasteiger partial charge in [-0.05, 0) is 25.0 Å². The number of carbonyl (C=O) groups is 2. The number of carboxylic acid groups (broad SMARTS) is 1. The Balaban J connectivity index is 2.04. The summed E-state index contributed by atoms with van der Waals surface area (Å²) in [6.45, 7) is 1.90. The predicted molar refractivity (Wildman–Crippen MR) is 104 cm³/mol. The maximum Gasteiger partial charge on any atom is 0.341 e. The van der Waals surface area contributed by atoms with E-state index in [1.807, 2.05) is 0 Å². The van der Waals surface area contributed by atoms with Gasteiger partial charge in [-0.1, -0.05) is 19.3 Å². The van der Waals surface area contributed by atoms with Crippen LogP contribution < -0.4 is 16.1 Å². The quantitative estimate of drug-likeness (QED) is 0.705. The van der Waals surface area contributed by atoms with Crippen molar-refractivity contribution >= 4 is 28.5 Å². The molecule has 1 fully saturated rings. The first kappa shape index (κ1) is 19.9. The van der Waals surface area contributed by atoms with E-state index >= 15 is 0 Å². The minimum atomic E-state index is -1.37. The van der Waals surface area contributed by atoms with Gasteiger partial charge in [-0.25, -0.2) is 9.18 Å². The highest BCUT2D eigenvalue weighted by Gasteiger charge is 2.19. The van der Waals surface area contributed by atoms with Crippen LogP contribution in [0.15, 0.2) is 23.1 Å². The summed E-state index contributed by atoms with van der Waals surface area (Å²) in [5.74, 6) is -2.16. The number of nitrogens with one attached hydrogen (secondary N) is 2. The van der Waals surface area contributed by atoms with Crippen molar-refractivity contribution in [1.29, 1.82) is 0 Å². The lowest BCUT2D eigenvalue weighted by Crippen LogP contribution is -2.27. The van der Waals surface area contributed by atoms with E-state index in [0.29, 0.717) is 11.2 Å². The molecule has 1 aromatic heterocycles. The Morgan fingerprint density at radius 1 is 1.25 bits per heavy atom. The van der Waals surface area contributed by atoms with Gasteiger partial charge in [0.1, 0.15) is 11.4 Å². The molecular formula is C20H24FN3O4. The number of pyridine rings is 1. The van der Waals surface area contributed by atoms with E-state index in [-0.39, 0.29) is 30.4 Å². The highest BCUT2D eigenvalue weighted by molar-refractivity contribution is 5.93. The first-order valence-corrected chi connectivity index (χ1v) is 9.48. The number of hydrogen-bond acceptors (Lipinski definition) is 4. The summed E-state index contributed by atoms with van der Waals surface area (Å²) in [4.78, 5) is 35.1. The molecule has 0 saturated heterocycles. The van der Waals surface area contributed by atoms with Crippen LogP contribution in [-0.2, 0) is 11.3 Å². The molecule has 0 radical (unpaired) electrons. The second-order valence-corrected chi connectivity index (χ2v) is 7.18. The molecule has 3 rings (SSSR count). The summed E-state index contributed by atoms with van der Waals surface area (Å²) >= 11 is 0. The Labute approximate surface area is 161 Å². The minimum absolute atomic E-state index is 0.00872. The topological polar surface area (TPSA) is 100 Å². The van der Waals surface area contributed by atoms with Crippen LogP contribution in [0.5, 0.6) is 0 Å². The zero-order valence-electron chi connectivity index (χ0n) is 15.8. The molecule has 1 amide bonds. The molecule has 0 bridgehead atoms. The molecule has 1 aromatic carbocycles. The van der Waals surface area contributed by atoms with Crippen LogP contribution in [0.1, 0.15) is 49.4 Å². The Morgan fingerprint density at radius 3 is 2.61 bits per heavy atom. The largest absolute Gasteiger partial charge is 0.477 e. The number of rotatable bonds is 6. The number of halogens is 1. The monoisotopic (exact) mass is 389 g/mol. The van der Waals surface area contributed by atoms with Gasteiger partial charge < -0.3 is 20.3 Å². The van der Waals surface area contributed by atoms with Crippen LogP contribution >= 0.6 is 0 Å². The van der Waals surface area contributed by atoms with Crippen molar-refractivity contribution in [2.75, 3.05) is 11.9 Å². The third-order valence-electron chi connectivity index (χ3n) is 5.09. The standard InChI is InChI=1S/C20H24FN3O4/c1-12(25)22-7-8-24-11-15(20(27)28)19(26)14-9-16(21)17(10-18(14)24)23-13-5-3-2-4-6-13/h9-11,13,23H,2-8H2,1H3,(H,22,25)(H,27,28). The maximum absolute atomic E-state index is 14.7. The zero-order chi connectivity index (χ0) is 20.3. The molecule has 0 spiro atoms. The number of benzene rings is 1. The summed E-state index contributed by atoms with van der Waals surface area (Å²) in [7, 11) is 0. The molecule has 3 N–H and O–H groups in total. The van der Waals surface area contributed by atoms with Crippen molar-refractivity contribution in [3.05, 3.63) is 39.9 Å². The van der Waals surface area contributed by atoms with Gasteiger partial charge in [-0.15, -0.1) is 0 Å². The Hall–Kier alpha value is -2.90. The van der Waals surface area contributed by atoms with Gasteiger partial charge in [-0.3, -0.25) is 9.59 Å². The van der Waals surface area contributed by atoms with Gasteiger partial charge >= 0.3 is 5.97 Å². The summed E-state index contributed by atoms with van der Waals surface area (Å²) < 4.78 is 16.2. The van der Waals surface area contributed by atoms with Crippen LogP contribution in [0.25, 0.3) is 10.9 Å². The van der Waals surface area contributed by atoms with E-state index < -0.39 is 22.8 Å². The van der Waals surface area contributed by atoms with E-state index in [9.17, 15) is 23.9 Å². The lowest BCUT2D eigenvalue weighted by atomic mass is 9.95. The number of hydrogen-bond donors (Lipinski definition) is 3. The SMILES string of the molecule is CC(=O)NCCn1cc(C(=O)O)c(=O)c2cc(F)c(NC3CCCCC3)cc21. The molecule has 2 aromatic rings. The number of anilines is 1. The fourth-order valence-electron chi connectivity index (χ4n) is 3.68. The third-order valence-corrected chi connectivity index (χ3v) is 5.09. The minimum Gasteiger partial charge on any atom is -0.477 e. The summed E-state index contributed by atoms with van der Waals surface area (Å²) in [5.41, 5.74) is -0.417. The molecule has 1 heterocycles. The second kappa shape index (κ2) is 8.41. The van der Waals surface area contributed by atoms with Crippen LogP contribution in [-0.4, -0.2) is 34.1 Å². The van der Waals surface area contributed by atoms with E-state index in [0.717, 1.165) is 31.7 Å². The number of nitrogens with zero attached hydrogens (tertiary/aromatic N) is 1. The molecule has 1 aliphatic rings. The van der Waals surface area contributed by atoms with E-state index in [4.69, 9.17) is 0 Å². The molecule has 7 nitrogen and oxygen atoms in total. The lowest BCUT2D eigenvalue weighted by molar-refractivity contribution is -0.118. The van der Waals surface area contributed by atoms with Crippen molar-refractivity contribution in [2.24, 2.45) is 0 Å². The summed E-state index contributed by atoms with van der Waals surface area (Å²) in [6, 6.07) is 2.84. The molecule has 0 aliphatic heterocycles. The number of amides is 1. The van der Waals surface area contributed by atoms with Gasteiger partial charge in [0, 0.05) is 37.6 Å².